The molecule has 1 amide bonds. The highest BCUT2D eigenvalue weighted by Crippen LogP contribution is 2.22. The van der Waals surface area contributed by atoms with Crippen LogP contribution in [0.5, 0.6) is 11.5 Å². The highest BCUT2D eigenvalue weighted by Gasteiger charge is 2.28. The molecular weight excluding hydrogens is 290 g/mol. The van der Waals surface area contributed by atoms with E-state index in [9.17, 15) is 4.79 Å². The van der Waals surface area contributed by atoms with Gasteiger partial charge in [0.15, 0.2) is 0 Å². The molecule has 1 heterocycles. The second-order valence-corrected chi connectivity index (χ2v) is 5.82. The maximum Gasteiger partial charge on any atom is 0.253 e. The SMILES string of the molecule is COc1ccc(O[C@@H]2CCN(C(=O)c3ccc(C)cc3)C2)cc1. The van der Waals surface area contributed by atoms with Crippen LogP contribution in [-0.2, 0) is 0 Å². The van der Waals surface area contributed by atoms with Gasteiger partial charge in [-0.1, -0.05) is 17.7 Å². The van der Waals surface area contributed by atoms with Gasteiger partial charge in [-0.3, -0.25) is 4.79 Å². The van der Waals surface area contributed by atoms with E-state index in [4.69, 9.17) is 9.47 Å². The number of methoxy groups -OCH3 is 1. The normalized spacial score (nSPS) is 17.1. The molecule has 4 nitrogen and oxygen atoms in total. The molecule has 2 aromatic rings. The highest BCUT2D eigenvalue weighted by molar-refractivity contribution is 5.94. The number of hydrogen-bond acceptors (Lipinski definition) is 3. The Balaban J connectivity index is 1.59. The maximum atomic E-state index is 12.5. The van der Waals surface area contributed by atoms with Crippen LogP contribution in [0.3, 0.4) is 0 Å². The van der Waals surface area contributed by atoms with Crippen molar-refractivity contribution < 1.29 is 14.3 Å². The first-order valence-electron chi connectivity index (χ1n) is 7.82. The van der Waals surface area contributed by atoms with Crippen LogP contribution < -0.4 is 9.47 Å². The van der Waals surface area contributed by atoms with Crippen molar-refractivity contribution in [3.63, 3.8) is 0 Å². The maximum absolute atomic E-state index is 12.5. The Labute approximate surface area is 136 Å². The lowest BCUT2D eigenvalue weighted by molar-refractivity contribution is 0.0772. The van der Waals surface area contributed by atoms with Crippen molar-refractivity contribution in [1.82, 2.24) is 4.90 Å². The van der Waals surface area contributed by atoms with E-state index in [0.717, 1.165) is 35.6 Å². The minimum Gasteiger partial charge on any atom is -0.497 e. The number of amides is 1. The van der Waals surface area contributed by atoms with Gasteiger partial charge < -0.3 is 14.4 Å². The third-order valence-corrected chi connectivity index (χ3v) is 4.09. The van der Waals surface area contributed by atoms with E-state index in [1.165, 1.54) is 0 Å². The van der Waals surface area contributed by atoms with Gasteiger partial charge in [-0.25, -0.2) is 0 Å². The van der Waals surface area contributed by atoms with Gasteiger partial charge in [0.2, 0.25) is 0 Å². The molecule has 0 bridgehead atoms. The highest BCUT2D eigenvalue weighted by atomic mass is 16.5. The first kappa shape index (κ1) is 15.4. The minimum absolute atomic E-state index is 0.0396. The second kappa shape index (κ2) is 6.73. The number of likely N-dealkylation sites (tertiary alicyclic amines) is 1. The zero-order chi connectivity index (χ0) is 16.2. The molecule has 1 aliphatic heterocycles. The van der Waals surface area contributed by atoms with Gasteiger partial charge in [-0.05, 0) is 43.3 Å². The number of hydrogen-bond donors (Lipinski definition) is 0. The van der Waals surface area contributed by atoms with Crippen LogP contribution in [0.4, 0.5) is 0 Å². The molecule has 1 saturated heterocycles. The van der Waals surface area contributed by atoms with Gasteiger partial charge in [0, 0.05) is 18.5 Å². The molecule has 4 heteroatoms. The molecule has 0 saturated carbocycles. The first-order chi connectivity index (χ1) is 11.2. The van der Waals surface area contributed by atoms with Crippen LogP contribution in [0.15, 0.2) is 48.5 Å². The summed E-state index contributed by atoms with van der Waals surface area (Å²) >= 11 is 0. The predicted octanol–water partition coefficient (Wildman–Crippen LogP) is 3.30. The van der Waals surface area contributed by atoms with Crippen LogP contribution in [0.1, 0.15) is 22.3 Å². The molecule has 120 valence electrons. The van der Waals surface area contributed by atoms with Gasteiger partial charge >= 0.3 is 0 Å². The van der Waals surface area contributed by atoms with Crippen molar-refractivity contribution in [3.8, 4) is 11.5 Å². The van der Waals surface area contributed by atoms with Crippen molar-refractivity contribution in [2.45, 2.75) is 19.4 Å². The van der Waals surface area contributed by atoms with Gasteiger partial charge in [0.05, 0.1) is 13.7 Å². The number of aryl methyl sites for hydroxylation is 1. The molecule has 0 aromatic heterocycles. The van der Waals surface area contributed by atoms with Crippen LogP contribution in [0.2, 0.25) is 0 Å². The van der Waals surface area contributed by atoms with Crippen molar-refractivity contribution in [1.29, 1.82) is 0 Å². The molecule has 3 rings (SSSR count). The van der Waals surface area contributed by atoms with E-state index in [-0.39, 0.29) is 12.0 Å². The largest absolute Gasteiger partial charge is 0.497 e. The van der Waals surface area contributed by atoms with E-state index in [2.05, 4.69) is 0 Å². The lowest BCUT2D eigenvalue weighted by Crippen LogP contribution is -2.30. The standard InChI is InChI=1S/C19H21NO3/c1-14-3-5-15(6-4-14)19(21)20-12-11-18(13-20)23-17-9-7-16(22-2)8-10-17/h3-10,18H,11-13H2,1-2H3/t18-/m1/s1. The van der Waals surface area contributed by atoms with Crippen LogP contribution in [0, 0.1) is 6.92 Å². The van der Waals surface area contributed by atoms with Crippen LogP contribution >= 0.6 is 0 Å². The number of nitrogens with zero attached hydrogens (tertiary/aromatic N) is 1. The number of benzene rings is 2. The molecule has 0 spiro atoms. The Morgan fingerprint density at radius 3 is 2.35 bits per heavy atom. The quantitative estimate of drug-likeness (QED) is 0.869. The third kappa shape index (κ3) is 3.65. The number of carbonyl (C=O) groups excluding carboxylic acids is 1. The topological polar surface area (TPSA) is 38.8 Å². The van der Waals surface area contributed by atoms with Gasteiger partial charge in [-0.15, -0.1) is 0 Å². The molecule has 0 unspecified atom stereocenters. The summed E-state index contributed by atoms with van der Waals surface area (Å²) < 4.78 is 11.1. The van der Waals surface area contributed by atoms with Crippen molar-refractivity contribution in [3.05, 3.63) is 59.7 Å². The summed E-state index contributed by atoms with van der Waals surface area (Å²) in [7, 11) is 1.64. The Morgan fingerprint density at radius 1 is 1.04 bits per heavy atom. The van der Waals surface area contributed by atoms with E-state index in [1.807, 2.05) is 60.4 Å². The number of rotatable bonds is 4. The van der Waals surface area contributed by atoms with Crippen molar-refractivity contribution >= 4 is 5.91 Å². The van der Waals surface area contributed by atoms with E-state index in [1.54, 1.807) is 7.11 Å². The molecule has 2 aromatic carbocycles. The van der Waals surface area contributed by atoms with Crippen LogP contribution in [-0.4, -0.2) is 37.1 Å². The van der Waals surface area contributed by atoms with Gasteiger partial charge in [-0.2, -0.15) is 0 Å². The fourth-order valence-electron chi connectivity index (χ4n) is 2.73. The zero-order valence-corrected chi connectivity index (χ0v) is 13.5. The first-order valence-corrected chi connectivity index (χ1v) is 7.82. The molecule has 1 atom stereocenters. The number of carbonyl (C=O) groups is 1. The lowest BCUT2D eigenvalue weighted by atomic mass is 10.1. The fraction of sp³-hybridized carbons (Fsp3) is 0.316. The second-order valence-electron chi connectivity index (χ2n) is 5.82. The molecule has 23 heavy (non-hydrogen) atoms. The summed E-state index contributed by atoms with van der Waals surface area (Å²) in [5, 5.41) is 0. The van der Waals surface area contributed by atoms with E-state index < -0.39 is 0 Å². The Morgan fingerprint density at radius 2 is 1.70 bits per heavy atom. The molecule has 1 fully saturated rings. The average Bonchev–Trinajstić information content (AvgIpc) is 3.04. The molecular formula is C19H21NO3. The summed E-state index contributed by atoms with van der Waals surface area (Å²) in [6.07, 6.45) is 0.890. The fourth-order valence-corrected chi connectivity index (χ4v) is 2.73. The smallest absolute Gasteiger partial charge is 0.253 e. The van der Waals surface area contributed by atoms with Crippen molar-refractivity contribution in [2.75, 3.05) is 20.2 Å². The van der Waals surface area contributed by atoms with Crippen LogP contribution in [0.25, 0.3) is 0 Å². The van der Waals surface area contributed by atoms with E-state index in [0.29, 0.717) is 6.54 Å². The zero-order valence-electron chi connectivity index (χ0n) is 13.5. The molecule has 0 radical (unpaired) electrons. The number of ether oxygens (including phenoxy) is 2. The molecule has 0 aliphatic carbocycles. The minimum atomic E-state index is 0.0396. The predicted molar refractivity (Wildman–Crippen MR) is 89.1 cm³/mol. The Hall–Kier alpha value is -2.49. The summed E-state index contributed by atoms with van der Waals surface area (Å²) in [6.45, 7) is 3.37. The molecule has 0 N–H and O–H groups in total. The Kier molecular flexibility index (Phi) is 4.51. The monoisotopic (exact) mass is 311 g/mol. The molecule has 1 aliphatic rings. The average molecular weight is 311 g/mol. The summed E-state index contributed by atoms with van der Waals surface area (Å²) in [4.78, 5) is 14.4. The van der Waals surface area contributed by atoms with Gasteiger partial charge in [0.1, 0.15) is 17.6 Å². The Bertz CT molecular complexity index is 664. The summed E-state index contributed by atoms with van der Waals surface area (Å²) in [5.74, 6) is 1.69. The van der Waals surface area contributed by atoms with Gasteiger partial charge in [0.25, 0.3) is 5.91 Å². The third-order valence-electron chi connectivity index (χ3n) is 4.09. The van der Waals surface area contributed by atoms with E-state index >= 15 is 0 Å². The lowest BCUT2D eigenvalue weighted by Gasteiger charge is -2.17. The summed E-state index contributed by atoms with van der Waals surface area (Å²) in [5.41, 5.74) is 1.89. The van der Waals surface area contributed by atoms with Crippen molar-refractivity contribution in [2.24, 2.45) is 0 Å². The summed E-state index contributed by atoms with van der Waals surface area (Å²) in [6, 6.07) is 15.2.